The SMILES string of the molecule is C[C@@H]1CCC[C@H](n2cnc(-c3cc(Cl)cc4cn(CCO)nc34)cc2=O)c2cc(ccn2)-c2c(cnn2C(F)F)NC1=O. The molecule has 2 N–H and O–H groups in total. The van der Waals surface area contributed by atoms with Crippen molar-refractivity contribution < 1.29 is 18.7 Å². The van der Waals surface area contributed by atoms with Gasteiger partial charge in [-0.25, -0.2) is 9.67 Å². The molecule has 2 bridgehead atoms. The Hall–Kier alpha value is -4.49. The van der Waals surface area contributed by atoms with Gasteiger partial charge < -0.3 is 10.4 Å². The van der Waals surface area contributed by atoms with Gasteiger partial charge in [-0.15, -0.1) is 0 Å². The first-order valence-corrected chi connectivity index (χ1v) is 14.1. The molecule has 4 aromatic heterocycles. The molecule has 1 aromatic carbocycles. The zero-order valence-electron chi connectivity index (χ0n) is 23.0. The Morgan fingerprint density at radius 2 is 2.00 bits per heavy atom. The number of benzene rings is 1. The normalized spacial score (nSPS) is 17.4. The van der Waals surface area contributed by atoms with Crippen molar-refractivity contribution in [3.63, 3.8) is 0 Å². The van der Waals surface area contributed by atoms with Crippen LogP contribution in [0.4, 0.5) is 14.5 Å². The molecule has 0 spiro atoms. The van der Waals surface area contributed by atoms with Crippen LogP contribution in [0.5, 0.6) is 0 Å². The highest BCUT2D eigenvalue weighted by atomic mass is 35.5. The molecule has 2 atom stereocenters. The molecular formula is C29H27ClF2N8O3. The van der Waals surface area contributed by atoms with Crippen LogP contribution >= 0.6 is 11.6 Å². The molecule has 0 aliphatic carbocycles. The number of rotatable bonds is 5. The molecule has 5 aromatic rings. The summed E-state index contributed by atoms with van der Waals surface area (Å²) in [4.78, 5) is 35.6. The van der Waals surface area contributed by atoms with E-state index < -0.39 is 18.5 Å². The smallest absolute Gasteiger partial charge is 0.333 e. The Kier molecular flexibility index (Phi) is 7.75. The van der Waals surface area contributed by atoms with Gasteiger partial charge in [0.1, 0.15) is 5.52 Å². The fraction of sp³-hybridized carbons (Fsp3) is 0.310. The predicted octanol–water partition coefficient (Wildman–Crippen LogP) is 4.91. The maximum Gasteiger partial charge on any atom is 0.333 e. The monoisotopic (exact) mass is 608 g/mol. The number of alkyl halides is 2. The van der Waals surface area contributed by atoms with Gasteiger partial charge in [-0.2, -0.15) is 19.0 Å². The Bertz CT molecular complexity index is 1890. The quantitative estimate of drug-likeness (QED) is 0.290. The molecule has 0 radical (unpaired) electrons. The fourth-order valence-corrected chi connectivity index (χ4v) is 5.68. The van der Waals surface area contributed by atoms with Gasteiger partial charge in [0.2, 0.25) is 5.91 Å². The highest BCUT2D eigenvalue weighted by Gasteiger charge is 2.26. The van der Waals surface area contributed by atoms with Crippen LogP contribution in [-0.2, 0) is 11.3 Å². The van der Waals surface area contributed by atoms with Crippen molar-refractivity contribution in [1.82, 2.24) is 34.1 Å². The second-order valence-electron chi connectivity index (χ2n) is 10.5. The van der Waals surface area contributed by atoms with Crippen molar-refractivity contribution in [2.45, 2.75) is 45.3 Å². The maximum absolute atomic E-state index is 13.9. The molecule has 1 aliphatic rings. The van der Waals surface area contributed by atoms with Gasteiger partial charge in [0.05, 0.1) is 54.5 Å². The van der Waals surface area contributed by atoms with E-state index in [0.717, 1.165) is 5.39 Å². The molecular weight excluding hydrogens is 582 g/mol. The molecule has 0 fully saturated rings. The lowest BCUT2D eigenvalue weighted by Gasteiger charge is -2.22. The summed E-state index contributed by atoms with van der Waals surface area (Å²) in [6.07, 6.45) is 7.42. The van der Waals surface area contributed by atoms with Crippen molar-refractivity contribution in [2.75, 3.05) is 11.9 Å². The van der Waals surface area contributed by atoms with E-state index in [9.17, 15) is 23.5 Å². The van der Waals surface area contributed by atoms with E-state index in [4.69, 9.17) is 11.6 Å². The molecule has 43 heavy (non-hydrogen) atoms. The van der Waals surface area contributed by atoms with Gasteiger partial charge in [-0.05, 0) is 37.1 Å². The van der Waals surface area contributed by atoms with Crippen LogP contribution < -0.4 is 10.9 Å². The van der Waals surface area contributed by atoms with Crippen molar-refractivity contribution >= 4 is 34.1 Å². The van der Waals surface area contributed by atoms with Crippen molar-refractivity contribution in [3.05, 3.63) is 76.3 Å². The molecule has 14 heteroatoms. The van der Waals surface area contributed by atoms with Gasteiger partial charge in [0, 0.05) is 45.9 Å². The summed E-state index contributed by atoms with van der Waals surface area (Å²) in [5, 5.41) is 21.6. The Morgan fingerprint density at radius 1 is 1.16 bits per heavy atom. The van der Waals surface area contributed by atoms with Gasteiger partial charge in [0.25, 0.3) is 5.56 Å². The van der Waals surface area contributed by atoms with Crippen LogP contribution in [0, 0.1) is 5.92 Å². The van der Waals surface area contributed by atoms with Crippen LogP contribution in [0.1, 0.15) is 44.5 Å². The van der Waals surface area contributed by atoms with E-state index in [0.29, 0.717) is 63.5 Å². The number of aromatic nitrogens is 7. The highest BCUT2D eigenvalue weighted by Crippen LogP contribution is 2.35. The minimum absolute atomic E-state index is 0.0463. The summed E-state index contributed by atoms with van der Waals surface area (Å²) >= 11 is 6.37. The van der Waals surface area contributed by atoms with Crippen molar-refractivity contribution in [3.8, 4) is 22.5 Å². The molecule has 1 amide bonds. The number of nitrogens with zero attached hydrogens (tertiary/aromatic N) is 7. The molecule has 6 rings (SSSR count). The molecule has 0 saturated carbocycles. The summed E-state index contributed by atoms with van der Waals surface area (Å²) in [6.45, 7) is -0.960. The Morgan fingerprint density at radius 3 is 2.77 bits per heavy atom. The lowest BCUT2D eigenvalue weighted by atomic mass is 9.97. The van der Waals surface area contributed by atoms with Crippen LogP contribution in [0.15, 0.2) is 60.0 Å². The number of nitrogens with one attached hydrogen (secondary N) is 1. The highest BCUT2D eigenvalue weighted by molar-refractivity contribution is 6.31. The van der Waals surface area contributed by atoms with Crippen LogP contribution in [-0.4, -0.2) is 51.7 Å². The zero-order valence-corrected chi connectivity index (χ0v) is 23.7. The first-order chi connectivity index (χ1) is 20.7. The number of pyridine rings is 1. The number of aliphatic hydroxyl groups is 1. The number of anilines is 1. The lowest BCUT2D eigenvalue weighted by Crippen LogP contribution is -2.27. The van der Waals surface area contributed by atoms with E-state index in [2.05, 4.69) is 25.5 Å². The largest absolute Gasteiger partial charge is 0.394 e. The van der Waals surface area contributed by atoms with E-state index in [-0.39, 0.29) is 29.5 Å². The summed E-state index contributed by atoms with van der Waals surface area (Å²) in [6, 6.07) is 7.44. The topological polar surface area (TPSA) is 133 Å². The zero-order chi connectivity index (χ0) is 30.2. The van der Waals surface area contributed by atoms with Crippen LogP contribution in [0.2, 0.25) is 5.02 Å². The van der Waals surface area contributed by atoms with E-state index >= 15 is 0 Å². The van der Waals surface area contributed by atoms with Gasteiger partial charge in [-0.3, -0.25) is 23.8 Å². The van der Waals surface area contributed by atoms with Gasteiger partial charge in [-0.1, -0.05) is 24.9 Å². The number of hydrogen-bond acceptors (Lipinski definition) is 7. The number of halogens is 3. The second-order valence-corrected chi connectivity index (χ2v) is 10.9. The number of fused-ring (bicyclic) bond motifs is 5. The minimum Gasteiger partial charge on any atom is -0.394 e. The predicted molar refractivity (Wildman–Crippen MR) is 156 cm³/mol. The summed E-state index contributed by atoms with van der Waals surface area (Å²) < 4.78 is 31.4. The van der Waals surface area contributed by atoms with E-state index in [1.165, 1.54) is 29.4 Å². The lowest BCUT2D eigenvalue weighted by molar-refractivity contribution is -0.119. The fourth-order valence-electron chi connectivity index (χ4n) is 5.45. The molecule has 0 unspecified atom stereocenters. The molecule has 11 nitrogen and oxygen atoms in total. The van der Waals surface area contributed by atoms with E-state index in [1.807, 2.05) is 0 Å². The van der Waals surface area contributed by atoms with Crippen LogP contribution in [0.25, 0.3) is 33.4 Å². The second kappa shape index (κ2) is 11.7. The average Bonchev–Trinajstić information content (AvgIpc) is 3.58. The third kappa shape index (κ3) is 5.53. The first-order valence-electron chi connectivity index (χ1n) is 13.7. The standard InChI is InChI=1S/C29H27ClF2N8O3/c1-16-3-2-4-24(22-10-17(5-6-33-22)27-23(36-28(16)43)13-35-40(27)29(31)32)39-15-34-21(12-25(39)42)20-11-19(30)9-18-14-38(7-8-41)37-26(18)20/h5-6,9-16,24,29,41H,2-4,7-8H2,1H3,(H,36,43)/t16-,24+/m1/s1. The number of carbonyl (C=O) groups excluding carboxylic acids is 1. The summed E-state index contributed by atoms with van der Waals surface area (Å²) in [7, 11) is 0. The van der Waals surface area contributed by atoms with Crippen LogP contribution in [0.3, 0.4) is 0 Å². The summed E-state index contributed by atoms with van der Waals surface area (Å²) in [5.74, 6) is -0.721. The van der Waals surface area contributed by atoms with Gasteiger partial charge >= 0.3 is 6.55 Å². The number of aliphatic hydroxyl groups excluding tert-OH is 1. The third-order valence-electron chi connectivity index (χ3n) is 7.59. The average molecular weight is 609 g/mol. The third-order valence-corrected chi connectivity index (χ3v) is 7.81. The molecule has 1 aliphatic heterocycles. The molecule has 5 heterocycles. The summed E-state index contributed by atoms with van der Waals surface area (Å²) in [5.41, 5.74) is 2.23. The van der Waals surface area contributed by atoms with Gasteiger partial charge in [0.15, 0.2) is 0 Å². The Labute approximate surface area is 248 Å². The molecule has 222 valence electrons. The number of carbonyl (C=O) groups is 1. The minimum atomic E-state index is -2.94. The van der Waals surface area contributed by atoms with E-state index in [1.54, 1.807) is 42.1 Å². The Balaban J connectivity index is 1.44. The first kappa shape index (κ1) is 28.6. The van der Waals surface area contributed by atoms with Crippen molar-refractivity contribution in [2.24, 2.45) is 5.92 Å². The maximum atomic E-state index is 13.9. The molecule has 0 saturated heterocycles. The number of amides is 1. The number of hydrogen-bond donors (Lipinski definition) is 2. The van der Waals surface area contributed by atoms with Crippen molar-refractivity contribution in [1.29, 1.82) is 0 Å².